The predicted octanol–water partition coefficient (Wildman–Crippen LogP) is 4.14. The highest BCUT2D eigenvalue weighted by Crippen LogP contribution is 2.43. The van der Waals surface area contributed by atoms with Crippen molar-refractivity contribution in [2.45, 2.75) is 43.9 Å². The van der Waals surface area contributed by atoms with Crippen LogP contribution in [0.3, 0.4) is 0 Å². The van der Waals surface area contributed by atoms with Crippen LogP contribution in [0.2, 0.25) is 0 Å². The van der Waals surface area contributed by atoms with E-state index >= 15 is 0 Å². The first-order valence-corrected chi connectivity index (χ1v) is 11.9. The molecule has 2 aromatic carbocycles. The number of nitrogens with zero attached hydrogens (tertiary/aromatic N) is 4. The van der Waals surface area contributed by atoms with Crippen LogP contribution in [0.25, 0.3) is 11.0 Å². The summed E-state index contributed by atoms with van der Waals surface area (Å²) < 4.78 is 54.7. The highest BCUT2D eigenvalue weighted by molar-refractivity contribution is 5.91. The Morgan fingerprint density at radius 1 is 1.03 bits per heavy atom. The minimum Gasteiger partial charge on any atom is -0.378 e. The number of hydrogen-bond acceptors (Lipinski definition) is 6. The number of alkyl halides is 4. The minimum absolute atomic E-state index is 0.110. The molecule has 35 heavy (non-hydrogen) atoms. The Balaban J connectivity index is 1.30. The second-order valence-electron chi connectivity index (χ2n) is 9.66. The number of anilines is 2. The Bertz CT molecular complexity index is 1260. The third-order valence-corrected chi connectivity index (χ3v) is 7.44. The van der Waals surface area contributed by atoms with Crippen molar-refractivity contribution in [1.82, 2.24) is 20.2 Å². The predicted molar refractivity (Wildman–Crippen MR) is 126 cm³/mol. The number of piperazine rings is 1. The molecule has 6 rings (SSSR count). The first-order chi connectivity index (χ1) is 16.8. The Morgan fingerprint density at radius 2 is 1.83 bits per heavy atom. The fraction of sp³-hybridized carbons (Fsp3) is 0.440. The molecule has 0 bridgehead atoms. The van der Waals surface area contributed by atoms with E-state index in [1.807, 2.05) is 6.07 Å². The van der Waals surface area contributed by atoms with E-state index in [9.17, 15) is 17.6 Å². The molecule has 184 valence electrons. The van der Waals surface area contributed by atoms with E-state index in [1.54, 1.807) is 0 Å². The lowest BCUT2D eigenvalue weighted by molar-refractivity contribution is -0.136. The molecule has 1 aromatic heterocycles. The van der Waals surface area contributed by atoms with Gasteiger partial charge in [-0.15, -0.1) is 0 Å². The van der Waals surface area contributed by atoms with Crippen LogP contribution in [0.15, 0.2) is 42.7 Å². The summed E-state index contributed by atoms with van der Waals surface area (Å²) in [6.45, 7) is 5.21. The van der Waals surface area contributed by atoms with E-state index in [0.717, 1.165) is 18.3 Å². The van der Waals surface area contributed by atoms with E-state index in [2.05, 4.69) is 49.5 Å². The lowest BCUT2D eigenvalue weighted by atomic mass is 10.00. The monoisotopic (exact) mass is 486 g/mol. The highest BCUT2D eigenvalue weighted by atomic mass is 19.4. The second-order valence-corrected chi connectivity index (χ2v) is 9.66. The van der Waals surface area contributed by atoms with Gasteiger partial charge < -0.3 is 15.5 Å². The van der Waals surface area contributed by atoms with E-state index in [0.29, 0.717) is 31.9 Å². The molecule has 2 N–H and O–H groups in total. The molecule has 2 saturated heterocycles. The topological polar surface area (TPSA) is 56.3 Å². The number of fused-ring (bicyclic) bond motifs is 4. The van der Waals surface area contributed by atoms with E-state index in [-0.39, 0.29) is 29.2 Å². The van der Waals surface area contributed by atoms with E-state index in [4.69, 9.17) is 0 Å². The van der Waals surface area contributed by atoms with Crippen LogP contribution < -0.4 is 15.5 Å². The molecule has 3 aromatic rings. The maximum Gasteiger partial charge on any atom is 0.418 e. The number of nitrogens with one attached hydrogen (secondary N) is 2. The fourth-order valence-electron chi connectivity index (χ4n) is 5.74. The van der Waals surface area contributed by atoms with Crippen LogP contribution in [-0.2, 0) is 12.7 Å². The molecule has 10 heteroatoms. The first-order valence-electron chi connectivity index (χ1n) is 11.9. The van der Waals surface area contributed by atoms with Crippen LogP contribution >= 0.6 is 0 Å². The molecular weight excluding hydrogens is 460 g/mol. The average molecular weight is 487 g/mol. The number of benzene rings is 2. The van der Waals surface area contributed by atoms with Crippen molar-refractivity contribution in [3.63, 3.8) is 0 Å². The van der Waals surface area contributed by atoms with Crippen LogP contribution in [0, 0.1) is 0 Å². The van der Waals surface area contributed by atoms with Crippen molar-refractivity contribution in [2.24, 2.45) is 0 Å². The first kappa shape index (κ1) is 22.5. The van der Waals surface area contributed by atoms with Gasteiger partial charge in [-0.1, -0.05) is 6.07 Å². The lowest BCUT2D eigenvalue weighted by Crippen LogP contribution is -2.51. The zero-order valence-electron chi connectivity index (χ0n) is 19.2. The lowest BCUT2D eigenvalue weighted by Gasteiger charge is -2.43. The third kappa shape index (κ3) is 3.88. The van der Waals surface area contributed by atoms with Crippen LogP contribution in [0.1, 0.15) is 29.7 Å². The van der Waals surface area contributed by atoms with Crippen molar-refractivity contribution >= 4 is 22.4 Å². The molecule has 0 radical (unpaired) electrons. The Kier molecular flexibility index (Phi) is 5.33. The Labute approximate surface area is 200 Å². The van der Waals surface area contributed by atoms with Crippen molar-refractivity contribution in [1.29, 1.82) is 0 Å². The Morgan fingerprint density at radius 3 is 2.57 bits per heavy atom. The molecular formula is C25H26F4N6. The van der Waals surface area contributed by atoms with E-state index in [1.165, 1.54) is 29.6 Å². The zero-order chi connectivity index (χ0) is 24.3. The summed E-state index contributed by atoms with van der Waals surface area (Å²) in [7, 11) is 0. The van der Waals surface area contributed by atoms with Crippen LogP contribution in [0.4, 0.5) is 28.9 Å². The highest BCUT2D eigenvalue weighted by Gasteiger charge is 2.40. The Hall–Kier alpha value is -2.98. The number of aromatic nitrogens is 2. The molecule has 2 fully saturated rings. The second kappa shape index (κ2) is 8.30. The maximum absolute atomic E-state index is 14.0. The maximum atomic E-state index is 14.0. The average Bonchev–Trinajstić information content (AvgIpc) is 3.40. The van der Waals surface area contributed by atoms with Gasteiger partial charge in [-0.05, 0) is 42.3 Å². The number of halogens is 4. The van der Waals surface area contributed by atoms with E-state index < -0.39 is 17.9 Å². The molecule has 3 aliphatic rings. The summed E-state index contributed by atoms with van der Waals surface area (Å²) in [4.78, 5) is 12.9. The van der Waals surface area contributed by atoms with Gasteiger partial charge in [0.1, 0.15) is 17.2 Å². The van der Waals surface area contributed by atoms with Crippen LogP contribution in [-0.4, -0.2) is 59.3 Å². The van der Waals surface area contributed by atoms with Crippen LogP contribution in [0.5, 0.6) is 0 Å². The van der Waals surface area contributed by atoms with Gasteiger partial charge in [0.25, 0.3) is 0 Å². The van der Waals surface area contributed by atoms with Crippen molar-refractivity contribution in [3.05, 3.63) is 59.4 Å². The molecule has 0 spiro atoms. The van der Waals surface area contributed by atoms with Gasteiger partial charge in [-0.3, -0.25) is 14.9 Å². The molecule has 6 nitrogen and oxygen atoms in total. The van der Waals surface area contributed by atoms with Gasteiger partial charge in [0.15, 0.2) is 0 Å². The summed E-state index contributed by atoms with van der Waals surface area (Å²) in [6, 6.07) is 8.89. The summed E-state index contributed by atoms with van der Waals surface area (Å²) in [6.07, 6.45) is -2.67. The number of rotatable bonds is 3. The molecule has 0 aliphatic carbocycles. The molecule has 0 saturated carbocycles. The minimum atomic E-state index is -4.49. The van der Waals surface area contributed by atoms with Crippen molar-refractivity contribution < 1.29 is 17.6 Å². The quantitative estimate of drug-likeness (QED) is 0.543. The SMILES string of the molecule is CC1CN(c2ccc(C(F)(F)F)c3nccnc23)CC2c3ccc(NC4CNCC4F)cc3CN12. The molecule has 4 heterocycles. The number of hydrogen-bond donors (Lipinski definition) is 2. The summed E-state index contributed by atoms with van der Waals surface area (Å²) in [5, 5.41) is 6.37. The van der Waals surface area contributed by atoms with Gasteiger partial charge in [0, 0.05) is 56.8 Å². The zero-order valence-corrected chi connectivity index (χ0v) is 19.2. The molecule has 3 aliphatic heterocycles. The smallest absolute Gasteiger partial charge is 0.378 e. The largest absolute Gasteiger partial charge is 0.418 e. The molecule has 4 unspecified atom stereocenters. The summed E-state index contributed by atoms with van der Waals surface area (Å²) in [5.74, 6) is 0. The van der Waals surface area contributed by atoms with Crippen molar-refractivity contribution in [2.75, 3.05) is 36.4 Å². The summed E-state index contributed by atoms with van der Waals surface area (Å²) >= 11 is 0. The standard InChI is InChI=1S/C25H26F4N6/c1-14-11-34(21-5-4-18(25(27,28)29)23-24(21)32-7-6-31-23)13-22-17-3-2-16(8-15(17)12-35(14)22)33-20-10-30-9-19(20)26/h2-8,14,19-20,22,30,33H,9-13H2,1H3. The summed E-state index contributed by atoms with van der Waals surface area (Å²) in [5.41, 5.74) is 3.36. The fourth-order valence-corrected chi connectivity index (χ4v) is 5.74. The third-order valence-electron chi connectivity index (χ3n) is 7.44. The van der Waals surface area contributed by atoms with Crippen molar-refractivity contribution in [3.8, 4) is 0 Å². The molecule has 4 atom stereocenters. The van der Waals surface area contributed by atoms with Gasteiger partial charge in [0.2, 0.25) is 0 Å². The van der Waals surface area contributed by atoms with Gasteiger partial charge in [-0.25, -0.2) is 4.39 Å². The molecule has 0 amide bonds. The normalized spacial score (nSPS) is 26.7. The van der Waals surface area contributed by atoms with Gasteiger partial charge in [0.05, 0.1) is 23.3 Å². The van der Waals surface area contributed by atoms with Gasteiger partial charge in [-0.2, -0.15) is 13.2 Å². The van der Waals surface area contributed by atoms with Gasteiger partial charge >= 0.3 is 6.18 Å².